The summed E-state index contributed by atoms with van der Waals surface area (Å²) in [6.07, 6.45) is 41.5. The number of aliphatic hydroxyl groups excluding tert-OH is 2. The van der Waals surface area contributed by atoms with Crippen molar-refractivity contribution < 1.29 is 33.5 Å². The Morgan fingerprint density at radius 1 is 0.545 bits per heavy atom. The van der Waals surface area contributed by atoms with Gasteiger partial charge in [-0.25, -0.2) is 4.57 Å². The standard InChI is InChI=1S/C45H93N2O7P/c1-3-5-7-9-11-13-15-17-19-20-21-22-23-24-26-28-30-32-34-36-42(48)40-45(50)47-43(41-54-55(51,52)53-39-38-46)44(49)37-35-33-31-29-27-25-18-16-14-12-10-8-6-4-2/h42-44,48-49H,3-41,46H2,1-2H3,(H,47,50)(H,51,52). The van der Waals surface area contributed by atoms with Gasteiger partial charge in [0.2, 0.25) is 5.91 Å². The highest BCUT2D eigenvalue weighted by Crippen LogP contribution is 2.43. The quantitative estimate of drug-likeness (QED) is 0.0301. The Balaban J connectivity index is 4.14. The molecule has 1 amide bonds. The van der Waals surface area contributed by atoms with Crippen LogP contribution < -0.4 is 11.1 Å². The molecular weight excluding hydrogens is 711 g/mol. The molecule has 55 heavy (non-hydrogen) atoms. The van der Waals surface area contributed by atoms with Crippen LogP contribution in [0.25, 0.3) is 0 Å². The lowest BCUT2D eigenvalue weighted by atomic mass is 10.0. The largest absolute Gasteiger partial charge is 0.472 e. The molecule has 330 valence electrons. The first-order valence-electron chi connectivity index (χ1n) is 23.7. The van der Waals surface area contributed by atoms with Gasteiger partial charge in [0.15, 0.2) is 0 Å². The Morgan fingerprint density at radius 2 is 0.873 bits per heavy atom. The van der Waals surface area contributed by atoms with Crippen molar-refractivity contribution in [1.29, 1.82) is 0 Å². The molecule has 0 bridgehead atoms. The molecule has 0 radical (unpaired) electrons. The van der Waals surface area contributed by atoms with Crippen LogP contribution >= 0.6 is 7.82 Å². The van der Waals surface area contributed by atoms with Gasteiger partial charge in [-0.3, -0.25) is 13.8 Å². The Kier molecular flexibility index (Phi) is 41.2. The molecular formula is C45H93N2O7P. The number of phosphoric acid groups is 1. The van der Waals surface area contributed by atoms with Crippen LogP contribution in [-0.2, 0) is 18.4 Å². The van der Waals surface area contributed by atoms with E-state index >= 15 is 0 Å². The first-order chi connectivity index (χ1) is 26.8. The van der Waals surface area contributed by atoms with Crippen LogP contribution in [0.2, 0.25) is 0 Å². The molecule has 9 nitrogen and oxygen atoms in total. The van der Waals surface area contributed by atoms with Crippen LogP contribution in [0, 0.1) is 0 Å². The number of unbranched alkanes of at least 4 members (excludes halogenated alkanes) is 31. The van der Waals surface area contributed by atoms with E-state index in [2.05, 4.69) is 19.2 Å². The van der Waals surface area contributed by atoms with Crippen molar-refractivity contribution in [1.82, 2.24) is 5.32 Å². The third kappa shape index (κ3) is 40.0. The summed E-state index contributed by atoms with van der Waals surface area (Å²) in [5.41, 5.74) is 5.38. The van der Waals surface area contributed by atoms with E-state index in [0.717, 1.165) is 38.5 Å². The van der Waals surface area contributed by atoms with E-state index in [0.29, 0.717) is 12.8 Å². The lowest BCUT2D eigenvalue weighted by Crippen LogP contribution is -2.47. The maximum absolute atomic E-state index is 12.9. The average Bonchev–Trinajstić information content (AvgIpc) is 3.16. The molecule has 0 aliphatic heterocycles. The predicted octanol–water partition coefficient (Wildman–Crippen LogP) is 12.4. The third-order valence-electron chi connectivity index (χ3n) is 11.0. The molecule has 0 aromatic rings. The highest BCUT2D eigenvalue weighted by atomic mass is 31.2. The van der Waals surface area contributed by atoms with Crippen LogP contribution in [0.15, 0.2) is 0 Å². The first-order valence-corrected chi connectivity index (χ1v) is 25.2. The van der Waals surface area contributed by atoms with Crippen LogP contribution in [0.5, 0.6) is 0 Å². The predicted molar refractivity (Wildman–Crippen MR) is 232 cm³/mol. The van der Waals surface area contributed by atoms with Gasteiger partial charge in [0.25, 0.3) is 0 Å². The minimum absolute atomic E-state index is 0.0627. The number of amides is 1. The van der Waals surface area contributed by atoms with E-state index in [1.165, 1.54) is 173 Å². The van der Waals surface area contributed by atoms with Crippen LogP contribution in [0.1, 0.15) is 245 Å². The second kappa shape index (κ2) is 41.6. The van der Waals surface area contributed by atoms with Crippen LogP contribution in [0.3, 0.4) is 0 Å². The summed E-state index contributed by atoms with van der Waals surface area (Å²) in [5.74, 6) is -0.408. The van der Waals surface area contributed by atoms with E-state index in [9.17, 15) is 24.5 Å². The summed E-state index contributed by atoms with van der Waals surface area (Å²) < 4.78 is 22.2. The van der Waals surface area contributed by atoms with Gasteiger partial charge >= 0.3 is 7.82 Å². The third-order valence-corrected chi connectivity index (χ3v) is 12.0. The van der Waals surface area contributed by atoms with Crippen molar-refractivity contribution in [2.75, 3.05) is 19.8 Å². The summed E-state index contributed by atoms with van der Waals surface area (Å²) in [4.78, 5) is 22.8. The fourth-order valence-electron chi connectivity index (χ4n) is 7.42. The molecule has 0 rings (SSSR count). The number of rotatable bonds is 45. The Morgan fingerprint density at radius 3 is 1.22 bits per heavy atom. The molecule has 0 heterocycles. The van der Waals surface area contributed by atoms with E-state index < -0.39 is 32.0 Å². The first kappa shape index (κ1) is 54.5. The number of carbonyl (C=O) groups is 1. The molecule has 0 spiro atoms. The van der Waals surface area contributed by atoms with E-state index in [1.807, 2.05) is 0 Å². The Labute approximate surface area is 340 Å². The van der Waals surface area contributed by atoms with Gasteiger partial charge in [0, 0.05) is 6.54 Å². The molecule has 0 aromatic heterocycles. The maximum atomic E-state index is 12.9. The molecule has 10 heteroatoms. The molecule has 4 atom stereocenters. The maximum Gasteiger partial charge on any atom is 0.472 e. The zero-order valence-corrected chi connectivity index (χ0v) is 37.2. The normalized spacial score (nSPS) is 14.5. The number of hydrogen-bond donors (Lipinski definition) is 5. The zero-order chi connectivity index (χ0) is 40.5. The Bertz CT molecular complexity index is 852. The van der Waals surface area contributed by atoms with Gasteiger partial charge < -0.3 is 26.2 Å². The second-order valence-electron chi connectivity index (χ2n) is 16.5. The van der Waals surface area contributed by atoms with Gasteiger partial charge in [-0.05, 0) is 12.8 Å². The molecule has 0 aromatic carbocycles. The molecule has 0 saturated carbocycles. The topological polar surface area (TPSA) is 151 Å². The van der Waals surface area contributed by atoms with Gasteiger partial charge in [-0.1, -0.05) is 226 Å². The van der Waals surface area contributed by atoms with Crippen molar-refractivity contribution in [3.8, 4) is 0 Å². The van der Waals surface area contributed by atoms with Crippen molar-refractivity contribution in [2.24, 2.45) is 5.73 Å². The molecule has 0 fully saturated rings. The molecule has 0 aliphatic rings. The molecule has 4 unspecified atom stereocenters. The number of nitrogens with two attached hydrogens (primary N) is 1. The van der Waals surface area contributed by atoms with Crippen molar-refractivity contribution in [3.05, 3.63) is 0 Å². The highest BCUT2D eigenvalue weighted by molar-refractivity contribution is 7.47. The van der Waals surface area contributed by atoms with Crippen LogP contribution in [0.4, 0.5) is 0 Å². The second-order valence-corrected chi connectivity index (χ2v) is 18.0. The van der Waals surface area contributed by atoms with Gasteiger partial charge in [-0.2, -0.15) is 0 Å². The minimum atomic E-state index is -4.37. The summed E-state index contributed by atoms with van der Waals surface area (Å²) in [5, 5.41) is 24.2. The van der Waals surface area contributed by atoms with Gasteiger partial charge in [0.05, 0.1) is 37.9 Å². The van der Waals surface area contributed by atoms with Crippen molar-refractivity contribution in [3.63, 3.8) is 0 Å². The van der Waals surface area contributed by atoms with Gasteiger partial charge in [-0.15, -0.1) is 0 Å². The van der Waals surface area contributed by atoms with Crippen molar-refractivity contribution in [2.45, 2.75) is 263 Å². The average molecular weight is 805 g/mol. The number of phosphoric ester groups is 1. The summed E-state index contributed by atoms with van der Waals surface area (Å²) in [6, 6.07) is -0.890. The number of nitrogens with one attached hydrogen (secondary N) is 1. The SMILES string of the molecule is CCCCCCCCCCCCCCCCCCCCCC(O)CC(=O)NC(COP(=O)(O)OCCN)C(O)CCCCCCCCCCCCCCCC. The monoisotopic (exact) mass is 805 g/mol. The summed E-state index contributed by atoms with van der Waals surface area (Å²) in [6.45, 7) is 4.08. The zero-order valence-electron chi connectivity index (χ0n) is 36.3. The minimum Gasteiger partial charge on any atom is -0.393 e. The van der Waals surface area contributed by atoms with Gasteiger partial charge in [0.1, 0.15) is 0 Å². The Hall–Kier alpha value is -0.540. The fourth-order valence-corrected chi connectivity index (χ4v) is 8.18. The molecule has 0 saturated heterocycles. The smallest absolute Gasteiger partial charge is 0.393 e. The van der Waals surface area contributed by atoms with E-state index in [1.54, 1.807) is 0 Å². The van der Waals surface area contributed by atoms with E-state index in [-0.39, 0.29) is 26.2 Å². The van der Waals surface area contributed by atoms with Crippen molar-refractivity contribution >= 4 is 13.7 Å². The summed E-state index contributed by atoms with van der Waals surface area (Å²) >= 11 is 0. The lowest BCUT2D eigenvalue weighted by molar-refractivity contribution is -0.125. The summed E-state index contributed by atoms with van der Waals surface area (Å²) in [7, 11) is -4.37. The number of hydrogen-bond acceptors (Lipinski definition) is 7. The number of carbonyl (C=O) groups excluding carboxylic acids is 1. The molecule has 6 N–H and O–H groups in total. The highest BCUT2D eigenvalue weighted by Gasteiger charge is 2.28. The lowest BCUT2D eigenvalue weighted by Gasteiger charge is -2.25. The molecule has 0 aliphatic carbocycles. The number of aliphatic hydroxyl groups is 2. The van der Waals surface area contributed by atoms with E-state index in [4.69, 9.17) is 14.8 Å². The van der Waals surface area contributed by atoms with Crippen LogP contribution in [-0.4, -0.2) is 59.0 Å². The fraction of sp³-hybridized carbons (Fsp3) is 0.978.